The molecule has 0 N–H and O–H groups in total. The van der Waals surface area contributed by atoms with Gasteiger partial charge in [0.1, 0.15) is 0 Å². The van der Waals surface area contributed by atoms with Crippen LogP contribution in [0.2, 0.25) is 13.1 Å². The van der Waals surface area contributed by atoms with Crippen LogP contribution in [0.3, 0.4) is 0 Å². The molecule has 0 radical (unpaired) electrons. The third-order valence-electron chi connectivity index (χ3n) is 0.577. The average Bonchev–Trinajstić information content (AvgIpc) is 1.30. The Bertz CT molecular complexity index is 48.1. The zero-order valence-corrected chi connectivity index (χ0v) is 8.62. The fourth-order valence-electron chi connectivity index (χ4n) is 0.433. The molecule has 0 aliphatic heterocycles. The van der Waals surface area contributed by atoms with Gasteiger partial charge < -0.3 is 4.43 Å². The largest absolute Gasteiger partial charge is 0.421 e. The van der Waals surface area contributed by atoms with Crippen molar-refractivity contribution in [3.05, 3.63) is 0 Å². The predicted molar refractivity (Wildman–Crippen MR) is 39.0 cm³/mol. The van der Waals surface area contributed by atoms with E-state index >= 15 is 0 Å². The first-order chi connectivity index (χ1) is 3.06. The van der Waals surface area contributed by atoms with E-state index in [0.717, 1.165) is 6.61 Å². The molecule has 0 amide bonds. The Morgan fingerprint density at radius 1 is 1.57 bits per heavy atom. The summed E-state index contributed by atoms with van der Waals surface area (Å²) in [7, 11) is 0.236. The lowest BCUT2D eigenvalue weighted by Gasteiger charge is -2.14. The smallest absolute Gasteiger partial charge is 0.162 e. The molecule has 0 spiro atoms. The fraction of sp³-hybridized carbons (Fsp3) is 1.00. The van der Waals surface area contributed by atoms with Crippen molar-refractivity contribution in [2.45, 2.75) is 20.0 Å². The molecule has 3 heteroatoms. The summed E-state index contributed by atoms with van der Waals surface area (Å²) in [6, 6.07) is 0. The topological polar surface area (TPSA) is 9.23 Å². The summed E-state index contributed by atoms with van der Waals surface area (Å²) in [4.78, 5) is 0. The number of rotatable bonds is 2. The molecule has 0 heterocycles. The molecule has 0 atom stereocenters. The second-order valence-electron chi connectivity index (χ2n) is 2.55. The van der Waals surface area contributed by atoms with Crippen LogP contribution in [-0.2, 0) is 4.43 Å². The van der Waals surface area contributed by atoms with Gasteiger partial charge in [0, 0.05) is 16.4 Å². The van der Waals surface area contributed by atoms with E-state index in [2.05, 4.69) is 20.0 Å². The van der Waals surface area contributed by atoms with E-state index in [0.29, 0.717) is 0 Å². The highest BCUT2D eigenvalue weighted by atomic mass is 29.2. The van der Waals surface area contributed by atoms with E-state index in [1.807, 2.05) is 0 Å². The highest BCUT2D eigenvalue weighted by molar-refractivity contribution is 7.12. The molecule has 0 saturated carbocycles. The van der Waals surface area contributed by atoms with Crippen molar-refractivity contribution in [3.8, 4) is 0 Å². The van der Waals surface area contributed by atoms with Crippen molar-refractivity contribution in [2.24, 2.45) is 0 Å². The maximum absolute atomic E-state index is 5.43. The summed E-state index contributed by atoms with van der Waals surface area (Å²) in [6.45, 7) is 7.47. The molecule has 0 aromatic heterocycles. The minimum absolute atomic E-state index is 0.905. The van der Waals surface area contributed by atoms with Gasteiger partial charge in [0.25, 0.3) is 0 Å². The predicted octanol–water partition coefficient (Wildman–Crippen LogP) is 0.0901. The maximum atomic E-state index is 5.43. The van der Waals surface area contributed by atoms with Crippen LogP contribution in [0, 0.1) is 0 Å². The molecule has 0 fully saturated rings. The molecule has 0 unspecified atom stereocenters. The molecule has 0 rings (SSSR count). The van der Waals surface area contributed by atoms with Crippen molar-refractivity contribution in [1.82, 2.24) is 0 Å². The van der Waals surface area contributed by atoms with Crippen LogP contribution < -0.4 is 0 Å². The van der Waals surface area contributed by atoms with Crippen LogP contribution >= 0.6 is 0 Å². The summed E-state index contributed by atoms with van der Waals surface area (Å²) >= 11 is 0. The lowest BCUT2D eigenvalue weighted by Crippen LogP contribution is -2.30. The fourth-order valence-corrected chi connectivity index (χ4v) is 2.17. The van der Waals surface area contributed by atoms with E-state index in [9.17, 15) is 0 Å². The summed E-state index contributed by atoms with van der Waals surface area (Å²) in [5, 5.41) is 0. The van der Waals surface area contributed by atoms with Gasteiger partial charge >= 0.3 is 0 Å². The Morgan fingerprint density at radius 3 is 2.00 bits per heavy atom. The zero-order chi connectivity index (χ0) is 5.91. The van der Waals surface area contributed by atoms with Crippen LogP contribution in [0.25, 0.3) is 0 Å². The second-order valence-corrected chi connectivity index (χ2v) is 14.3. The molecule has 1 nitrogen and oxygen atoms in total. The van der Waals surface area contributed by atoms with E-state index in [4.69, 9.17) is 4.43 Å². The molecular weight excluding hydrogens is 120 g/mol. The summed E-state index contributed by atoms with van der Waals surface area (Å²) in [5.41, 5.74) is 0. The summed E-state index contributed by atoms with van der Waals surface area (Å²) in [5.74, 6) is 0. The molecule has 0 bridgehead atoms. The monoisotopic (exact) mass is 134 g/mol. The van der Waals surface area contributed by atoms with E-state index in [-0.39, 0.29) is 0 Å². The van der Waals surface area contributed by atoms with E-state index < -0.39 is 7.83 Å². The van der Waals surface area contributed by atoms with Crippen molar-refractivity contribution < 1.29 is 4.43 Å². The SMILES string of the molecule is CCO[Si](C)(C)[SiH3]. The molecule has 44 valence electrons. The van der Waals surface area contributed by atoms with E-state index in [1.54, 1.807) is 0 Å². The Balaban J connectivity index is 3.15. The van der Waals surface area contributed by atoms with Crippen LogP contribution in [0.15, 0.2) is 0 Å². The third-order valence-corrected chi connectivity index (χ3v) is 2.60. The third kappa shape index (κ3) is 6.39. The van der Waals surface area contributed by atoms with Crippen LogP contribution in [-0.4, -0.2) is 24.2 Å². The van der Waals surface area contributed by atoms with Crippen LogP contribution in [0.4, 0.5) is 0 Å². The molecule has 0 saturated heterocycles. The first-order valence-electron chi connectivity index (χ1n) is 2.70. The summed E-state index contributed by atoms with van der Waals surface area (Å²) < 4.78 is 5.43. The summed E-state index contributed by atoms with van der Waals surface area (Å²) in [6.07, 6.45) is 0. The minimum atomic E-state index is -1.02. The highest BCUT2D eigenvalue weighted by Crippen LogP contribution is 1.94. The Labute approximate surface area is 49.4 Å². The van der Waals surface area contributed by atoms with Gasteiger partial charge in [0.05, 0.1) is 0 Å². The van der Waals surface area contributed by atoms with Gasteiger partial charge in [-0.1, -0.05) is 0 Å². The van der Waals surface area contributed by atoms with Crippen molar-refractivity contribution in [1.29, 1.82) is 0 Å². The minimum Gasteiger partial charge on any atom is -0.421 e. The first kappa shape index (κ1) is 7.39. The van der Waals surface area contributed by atoms with Gasteiger partial charge in [-0.2, -0.15) is 0 Å². The zero-order valence-electron chi connectivity index (χ0n) is 5.62. The average molecular weight is 134 g/mol. The number of hydrogen-bond acceptors (Lipinski definition) is 1. The van der Waals surface area contributed by atoms with Crippen LogP contribution in [0.5, 0.6) is 0 Å². The van der Waals surface area contributed by atoms with Crippen molar-refractivity contribution in [2.75, 3.05) is 6.61 Å². The van der Waals surface area contributed by atoms with Gasteiger partial charge in [-0.05, 0) is 20.0 Å². The van der Waals surface area contributed by atoms with E-state index in [1.165, 1.54) is 9.76 Å². The lowest BCUT2D eigenvalue weighted by atomic mass is 10.9. The highest BCUT2D eigenvalue weighted by Gasteiger charge is 2.10. The van der Waals surface area contributed by atoms with Crippen LogP contribution in [0.1, 0.15) is 6.92 Å². The van der Waals surface area contributed by atoms with Gasteiger partial charge in [-0.3, -0.25) is 0 Å². The second kappa shape index (κ2) is 2.64. The number of hydrogen-bond donors (Lipinski definition) is 0. The normalized spacial score (nSPS) is 12.4. The van der Waals surface area contributed by atoms with Crippen molar-refractivity contribution >= 4 is 17.6 Å². The standard InChI is InChI=1S/C4H14OSi2/c1-4-5-7(2,3)6/h4H2,1-3,6H3. The Hall–Kier alpha value is 0.394. The Morgan fingerprint density at radius 2 is 2.00 bits per heavy atom. The molecular formula is C4H14OSi2. The van der Waals surface area contributed by atoms with Gasteiger partial charge in [-0.25, -0.2) is 0 Å². The molecule has 0 aromatic carbocycles. The lowest BCUT2D eigenvalue weighted by molar-refractivity contribution is 0.344. The quantitative estimate of drug-likeness (QED) is 0.486. The molecule has 7 heavy (non-hydrogen) atoms. The van der Waals surface area contributed by atoms with Gasteiger partial charge in [0.15, 0.2) is 7.83 Å². The molecule has 0 aliphatic carbocycles. The molecule has 0 aromatic rings. The van der Waals surface area contributed by atoms with Gasteiger partial charge in [0.2, 0.25) is 0 Å². The maximum Gasteiger partial charge on any atom is 0.162 e. The Kier molecular flexibility index (Phi) is 2.79. The first-order valence-corrected chi connectivity index (χ1v) is 9.11. The molecule has 0 aliphatic rings. The van der Waals surface area contributed by atoms with Gasteiger partial charge in [-0.15, -0.1) is 0 Å². The van der Waals surface area contributed by atoms with Crippen molar-refractivity contribution in [3.63, 3.8) is 0 Å².